The summed E-state index contributed by atoms with van der Waals surface area (Å²) in [7, 11) is 0. The summed E-state index contributed by atoms with van der Waals surface area (Å²) in [5.41, 5.74) is -1.02. The van der Waals surface area contributed by atoms with Gasteiger partial charge in [-0.1, -0.05) is 54.5 Å². The standard InChI is InChI=1S/C24H44O4/c1-13-22(7,8)14-18(21(4,5)6)20(26)28-24(11,12)16-27-23(9,10)15-19(25)17(2)3/h18H,2,13-16H2,1,3-12H3. The van der Waals surface area contributed by atoms with E-state index < -0.39 is 11.2 Å². The summed E-state index contributed by atoms with van der Waals surface area (Å²) in [6, 6.07) is 0. The molecule has 0 saturated heterocycles. The summed E-state index contributed by atoms with van der Waals surface area (Å²) in [5.74, 6) is -0.396. The van der Waals surface area contributed by atoms with Crippen LogP contribution in [0, 0.1) is 16.7 Å². The van der Waals surface area contributed by atoms with Gasteiger partial charge in [0.05, 0.1) is 18.1 Å². The van der Waals surface area contributed by atoms with E-state index >= 15 is 0 Å². The number of carbonyl (C=O) groups is 2. The maximum absolute atomic E-state index is 13.0. The van der Waals surface area contributed by atoms with Crippen LogP contribution in [0.5, 0.6) is 0 Å². The van der Waals surface area contributed by atoms with Crippen LogP contribution in [0.25, 0.3) is 0 Å². The zero-order valence-corrected chi connectivity index (χ0v) is 20.2. The summed E-state index contributed by atoms with van der Waals surface area (Å²) < 4.78 is 11.9. The lowest BCUT2D eigenvalue weighted by atomic mass is 9.70. The lowest BCUT2D eigenvalue weighted by molar-refractivity contribution is -0.179. The monoisotopic (exact) mass is 396 g/mol. The van der Waals surface area contributed by atoms with Crippen molar-refractivity contribution >= 4 is 11.8 Å². The number of allylic oxidation sites excluding steroid dienone is 1. The molecule has 0 saturated carbocycles. The Morgan fingerprint density at radius 2 is 1.43 bits per heavy atom. The third kappa shape index (κ3) is 9.86. The van der Waals surface area contributed by atoms with Crippen molar-refractivity contribution in [3.63, 3.8) is 0 Å². The topological polar surface area (TPSA) is 52.6 Å². The van der Waals surface area contributed by atoms with Gasteiger partial charge >= 0.3 is 5.97 Å². The van der Waals surface area contributed by atoms with Gasteiger partial charge in [0, 0.05) is 6.42 Å². The van der Waals surface area contributed by atoms with Crippen molar-refractivity contribution in [1.29, 1.82) is 0 Å². The van der Waals surface area contributed by atoms with Crippen molar-refractivity contribution in [3.8, 4) is 0 Å². The molecular weight excluding hydrogens is 352 g/mol. The van der Waals surface area contributed by atoms with E-state index in [9.17, 15) is 9.59 Å². The smallest absolute Gasteiger partial charge is 0.310 e. The van der Waals surface area contributed by atoms with E-state index in [1.807, 2.05) is 27.7 Å². The maximum atomic E-state index is 13.0. The molecule has 164 valence electrons. The number of rotatable bonds is 11. The van der Waals surface area contributed by atoms with Gasteiger partial charge in [-0.3, -0.25) is 9.59 Å². The molecule has 0 radical (unpaired) electrons. The highest BCUT2D eigenvalue weighted by atomic mass is 16.6. The fourth-order valence-corrected chi connectivity index (χ4v) is 2.77. The predicted octanol–water partition coefficient (Wildman–Crippen LogP) is 6.13. The molecule has 0 aromatic heterocycles. The number of esters is 1. The minimum absolute atomic E-state index is 0.0191. The van der Waals surface area contributed by atoms with Crippen molar-refractivity contribution in [1.82, 2.24) is 0 Å². The molecule has 0 bridgehead atoms. The van der Waals surface area contributed by atoms with Gasteiger partial charge in [0.25, 0.3) is 0 Å². The average molecular weight is 397 g/mol. The minimum atomic E-state index is -0.777. The molecule has 0 fully saturated rings. The molecule has 4 heteroatoms. The van der Waals surface area contributed by atoms with Crippen LogP contribution < -0.4 is 0 Å². The van der Waals surface area contributed by atoms with Gasteiger partial charge in [-0.05, 0) is 57.4 Å². The van der Waals surface area contributed by atoms with Gasteiger partial charge in [-0.25, -0.2) is 0 Å². The molecular formula is C24H44O4. The molecule has 28 heavy (non-hydrogen) atoms. The number of carbonyl (C=O) groups excluding carboxylic acids is 2. The first-order valence-electron chi connectivity index (χ1n) is 10.4. The Morgan fingerprint density at radius 3 is 1.82 bits per heavy atom. The van der Waals surface area contributed by atoms with Crippen LogP contribution in [0.3, 0.4) is 0 Å². The summed E-state index contributed by atoms with van der Waals surface area (Å²) >= 11 is 0. The molecule has 0 aliphatic heterocycles. The number of hydrogen-bond donors (Lipinski definition) is 0. The third-order valence-electron chi connectivity index (χ3n) is 5.29. The highest BCUT2D eigenvalue weighted by Crippen LogP contribution is 2.39. The van der Waals surface area contributed by atoms with E-state index in [1.165, 1.54) is 0 Å². The van der Waals surface area contributed by atoms with E-state index in [2.05, 4.69) is 48.1 Å². The quantitative estimate of drug-likeness (QED) is 0.311. The Kier molecular flexibility index (Phi) is 9.16. The van der Waals surface area contributed by atoms with Crippen LogP contribution in [-0.2, 0) is 19.1 Å². The number of ether oxygens (including phenoxy) is 2. The molecule has 0 aliphatic rings. The first-order valence-corrected chi connectivity index (χ1v) is 10.4. The van der Waals surface area contributed by atoms with Gasteiger partial charge < -0.3 is 9.47 Å². The van der Waals surface area contributed by atoms with Crippen LogP contribution >= 0.6 is 0 Å². The highest BCUT2D eigenvalue weighted by molar-refractivity contribution is 5.94. The Bertz CT molecular complexity index is 562. The Morgan fingerprint density at radius 1 is 0.929 bits per heavy atom. The lowest BCUT2D eigenvalue weighted by Crippen LogP contribution is -2.43. The number of Topliss-reactive ketones (excluding diaryl/α,β-unsaturated/α-hetero) is 1. The molecule has 1 unspecified atom stereocenters. The van der Waals surface area contributed by atoms with Crippen molar-refractivity contribution in [2.45, 2.75) is 107 Å². The van der Waals surface area contributed by atoms with Crippen LogP contribution in [0.2, 0.25) is 0 Å². The van der Waals surface area contributed by atoms with E-state index in [4.69, 9.17) is 9.47 Å². The molecule has 0 amide bonds. The minimum Gasteiger partial charge on any atom is -0.457 e. The largest absolute Gasteiger partial charge is 0.457 e. The predicted molar refractivity (Wildman–Crippen MR) is 116 cm³/mol. The van der Waals surface area contributed by atoms with Crippen molar-refractivity contribution in [2.75, 3.05) is 6.61 Å². The van der Waals surface area contributed by atoms with Crippen LogP contribution in [-0.4, -0.2) is 29.6 Å². The van der Waals surface area contributed by atoms with Crippen LogP contribution in [0.15, 0.2) is 12.2 Å². The fraction of sp³-hybridized carbons (Fsp3) is 0.833. The van der Waals surface area contributed by atoms with Crippen LogP contribution in [0.4, 0.5) is 0 Å². The third-order valence-corrected chi connectivity index (χ3v) is 5.29. The van der Waals surface area contributed by atoms with Crippen molar-refractivity contribution in [3.05, 3.63) is 12.2 Å². The fourth-order valence-electron chi connectivity index (χ4n) is 2.77. The molecule has 0 spiro atoms. The van der Waals surface area contributed by atoms with E-state index in [-0.39, 0.29) is 41.5 Å². The molecule has 1 atom stereocenters. The first-order chi connectivity index (χ1) is 12.3. The zero-order chi connectivity index (χ0) is 22.6. The van der Waals surface area contributed by atoms with Gasteiger partial charge in [0.1, 0.15) is 5.60 Å². The zero-order valence-electron chi connectivity index (χ0n) is 20.2. The van der Waals surface area contributed by atoms with Crippen molar-refractivity contribution in [2.24, 2.45) is 16.7 Å². The maximum Gasteiger partial charge on any atom is 0.310 e. The van der Waals surface area contributed by atoms with Crippen LogP contribution in [0.1, 0.15) is 95.4 Å². The second-order valence-corrected chi connectivity index (χ2v) is 11.2. The van der Waals surface area contributed by atoms with Gasteiger partial charge in [0.2, 0.25) is 0 Å². The second kappa shape index (κ2) is 9.56. The average Bonchev–Trinajstić information content (AvgIpc) is 2.49. The molecule has 0 N–H and O–H groups in total. The Labute approximate surface area is 173 Å². The Hall–Kier alpha value is -1.16. The molecule has 0 rings (SSSR count). The molecule has 0 heterocycles. The molecule has 4 nitrogen and oxygen atoms in total. The first kappa shape index (κ1) is 26.8. The second-order valence-electron chi connectivity index (χ2n) is 11.2. The van der Waals surface area contributed by atoms with Gasteiger partial charge in [-0.2, -0.15) is 0 Å². The number of ketones is 1. The van der Waals surface area contributed by atoms with E-state index in [0.717, 1.165) is 12.8 Å². The van der Waals surface area contributed by atoms with Crippen molar-refractivity contribution < 1.29 is 19.1 Å². The molecule has 0 aliphatic carbocycles. The van der Waals surface area contributed by atoms with Gasteiger partial charge in [0.15, 0.2) is 5.78 Å². The lowest BCUT2D eigenvalue weighted by Gasteiger charge is -2.38. The number of hydrogen-bond acceptors (Lipinski definition) is 4. The Balaban J connectivity index is 5.11. The molecule has 0 aromatic carbocycles. The van der Waals surface area contributed by atoms with E-state index in [0.29, 0.717) is 5.57 Å². The van der Waals surface area contributed by atoms with Gasteiger partial charge in [-0.15, -0.1) is 0 Å². The normalized spacial score (nSPS) is 14.5. The summed E-state index contributed by atoms with van der Waals surface area (Å²) in [6.45, 7) is 25.8. The highest BCUT2D eigenvalue weighted by Gasteiger charge is 2.39. The summed E-state index contributed by atoms with van der Waals surface area (Å²) in [5, 5.41) is 0. The summed E-state index contributed by atoms with van der Waals surface area (Å²) in [4.78, 5) is 25.0. The molecule has 0 aromatic rings. The van der Waals surface area contributed by atoms with E-state index in [1.54, 1.807) is 6.92 Å². The summed E-state index contributed by atoms with van der Waals surface area (Å²) in [6.07, 6.45) is 2.04. The SMILES string of the molecule is C=C(C)C(=O)CC(C)(C)OCC(C)(C)OC(=O)C(CC(C)(C)CC)C(C)(C)C.